The van der Waals surface area contributed by atoms with Crippen molar-refractivity contribution in [3.8, 4) is 0 Å². The van der Waals surface area contributed by atoms with Gasteiger partial charge in [0.05, 0.1) is 10.9 Å². The van der Waals surface area contributed by atoms with Gasteiger partial charge in [-0.3, -0.25) is 9.69 Å². The van der Waals surface area contributed by atoms with Gasteiger partial charge in [-0.2, -0.15) is 4.31 Å². The molecule has 2 saturated heterocycles. The molecule has 0 bridgehead atoms. The lowest BCUT2D eigenvalue weighted by Gasteiger charge is -2.36. The first kappa shape index (κ1) is 24.9. The second-order valence-electron chi connectivity index (χ2n) is 9.57. The maximum atomic E-state index is 13.2. The number of aryl methyl sites for hydroxylation is 1. The minimum absolute atomic E-state index is 0.0235. The third-order valence-electron chi connectivity index (χ3n) is 7.04. The Bertz CT molecular complexity index is 1040. The number of nitrogens with zero attached hydrogens (tertiary/aromatic N) is 3. The summed E-state index contributed by atoms with van der Waals surface area (Å²) in [5, 5.41) is 3.29. The fourth-order valence-corrected chi connectivity index (χ4v) is 6.19. The van der Waals surface area contributed by atoms with Crippen LogP contribution in [0.5, 0.6) is 0 Å². The molecule has 1 amide bonds. The van der Waals surface area contributed by atoms with E-state index < -0.39 is 10.0 Å². The SMILES string of the molecule is Cc1ccc(S(=O)(=O)N2CCC(C(=O)NC(CN3CCN(C)CC3)c3ccccc3)CC2)cc1. The van der Waals surface area contributed by atoms with E-state index in [0.717, 1.165) is 43.9 Å². The third-order valence-corrected chi connectivity index (χ3v) is 8.95. The molecule has 2 fully saturated rings. The molecular weight excluding hydrogens is 448 g/mol. The van der Waals surface area contributed by atoms with E-state index in [1.807, 2.05) is 37.3 Å². The predicted octanol–water partition coefficient (Wildman–Crippen LogP) is 2.50. The zero-order valence-corrected chi connectivity index (χ0v) is 21.0. The van der Waals surface area contributed by atoms with Crippen LogP contribution in [0.2, 0.25) is 0 Å². The van der Waals surface area contributed by atoms with E-state index in [9.17, 15) is 13.2 Å². The van der Waals surface area contributed by atoms with E-state index in [1.165, 1.54) is 4.31 Å². The fourth-order valence-electron chi connectivity index (χ4n) is 4.72. The maximum Gasteiger partial charge on any atom is 0.243 e. The number of rotatable bonds is 7. The molecule has 184 valence electrons. The van der Waals surface area contributed by atoms with Crippen molar-refractivity contribution in [3.63, 3.8) is 0 Å². The first-order valence-corrected chi connectivity index (χ1v) is 13.6. The molecule has 0 spiro atoms. The van der Waals surface area contributed by atoms with E-state index in [2.05, 4.69) is 34.3 Å². The molecule has 0 aliphatic carbocycles. The Kier molecular flexibility index (Phi) is 8.03. The van der Waals surface area contributed by atoms with Crippen LogP contribution in [-0.2, 0) is 14.8 Å². The number of carbonyl (C=O) groups excluding carboxylic acids is 1. The number of piperidine rings is 1. The largest absolute Gasteiger partial charge is 0.348 e. The Morgan fingerprint density at radius 2 is 1.56 bits per heavy atom. The molecule has 1 atom stereocenters. The van der Waals surface area contributed by atoms with E-state index >= 15 is 0 Å². The highest BCUT2D eigenvalue weighted by atomic mass is 32.2. The quantitative estimate of drug-likeness (QED) is 0.654. The van der Waals surface area contributed by atoms with Gasteiger partial charge in [0.1, 0.15) is 0 Å². The molecule has 2 aliphatic rings. The molecule has 0 radical (unpaired) electrons. The molecule has 2 heterocycles. The minimum atomic E-state index is -3.53. The molecule has 8 heteroatoms. The predicted molar refractivity (Wildman–Crippen MR) is 134 cm³/mol. The van der Waals surface area contributed by atoms with Gasteiger partial charge in [0.15, 0.2) is 0 Å². The Labute approximate surface area is 203 Å². The van der Waals surface area contributed by atoms with E-state index in [1.54, 1.807) is 12.1 Å². The third kappa shape index (κ3) is 6.05. The van der Waals surface area contributed by atoms with Gasteiger partial charge in [0.2, 0.25) is 15.9 Å². The number of nitrogens with one attached hydrogen (secondary N) is 1. The number of piperazine rings is 1. The van der Waals surface area contributed by atoms with E-state index in [4.69, 9.17) is 0 Å². The van der Waals surface area contributed by atoms with Gasteiger partial charge in [-0.1, -0.05) is 48.0 Å². The van der Waals surface area contributed by atoms with Crippen LogP contribution in [0.1, 0.15) is 30.0 Å². The topological polar surface area (TPSA) is 73.0 Å². The minimum Gasteiger partial charge on any atom is -0.348 e. The standard InChI is InChI=1S/C26H36N4O3S/c1-21-8-10-24(11-9-21)34(32,33)30-14-12-23(13-15-30)26(31)27-25(22-6-4-3-5-7-22)20-29-18-16-28(2)17-19-29/h3-11,23,25H,12-20H2,1-2H3,(H,27,31). The van der Waals surface area contributed by atoms with Gasteiger partial charge in [0.25, 0.3) is 0 Å². The monoisotopic (exact) mass is 484 g/mol. The number of sulfonamides is 1. The molecule has 2 aromatic carbocycles. The summed E-state index contributed by atoms with van der Waals surface area (Å²) in [5.74, 6) is -0.154. The number of likely N-dealkylation sites (N-methyl/N-ethyl adjacent to an activating group) is 1. The smallest absolute Gasteiger partial charge is 0.243 e. The molecular formula is C26H36N4O3S. The van der Waals surface area contributed by atoms with Crippen LogP contribution >= 0.6 is 0 Å². The molecule has 2 aromatic rings. The summed E-state index contributed by atoms with van der Waals surface area (Å²) >= 11 is 0. The summed E-state index contributed by atoms with van der Waals surface area (Å²) in [6, 6.07) is 17.0. The molecule has 2 aliphatic heterocycles. The molecule has 7 nitrogen and oxygen atoms in total. The van der Waals surface area contributed by atoms with Crippen molar-refractivity contribution in [3.05, 3.63) is 65.7 Å². The summed E-state index contributed by atoms with van der Waals surface area (Å²) in [6.45, 7) is 7.49. The zero-order chi connectivity index (χ0) is 24.1. The summed E-state index contributed by atoms with van der Waals surface area (Å²) in [5.41, 5.74) is 2.13. The van der Waals surface area contributed by atoms with Crippen molar-refractivity contribution >= 4 is 15.9 Å². The number of hydrogen-bond donors (Lipinski definition) is 1. The number of amides is 1. The molecule has 0 saturated carbocycles. The van der Waals surface area contributed by atoms with Crippen LogP contribution in [0.25, 0.3) is 0 Å². The normalized spacial score (nSPS) is 20.2. The van der Waals surface area contributed by atoms with Crippen LogP contribution in [-0.4, -0.2) is 81.3 Å². The van der Waals surface area contributed by atoms with Gasteiger partial charge in [-0.25, -0.2) is 8.42 Å². The number of carbonyl (C=O) groups is 1. The van der Waals surface area contributed by atoms with Gasteiger partial charge >= 0.3 is 0 Å². The average molecular weight is 485 g/mol. The molecule has 4 rings (SSSR count). The van der Waals surface area contributed by atoms with Crippen LogP contribution in [0, 0.1) is 12.8 Å². The second-order valence-corrected chi connectivity index (χ2v) is 11.5. The summed E-state index contributed by atoms with van der Waals surface area (Å²) in [6.07, 6.45) is 1.07. The lowest BCUT2D eigenvalue weighted by molar-refractivity contribution is -0.127. The molecule has 1 unspecified atom stereocenters. The van der Waals surface area contributed by atoms with E-state index in [-0.39, 0.29) is 17.9 Å². The van der Waals surface area contributed by atoms with E-state index in [0.29, 0.717) is 30.8 Å². The second kappa shape index (κ2) is 11.0. The molecule has 34 heavy (non-hydrogen) atoms. The highest BCUT2D eigenvalue weighted by Crippen LogP contribution is 2.25. The highest BCUT2D eigenvalue weighted by Gasteiger charge is 2.33. The lowest BCUT2D eigenvalue weighted by atomic mass is 9.96. The van der Waals surface area contributed by atoms with Gasteiger partial charge in [0, 0.05) is 51.7 Å². The first-order chi connectivity index (χ1) is 16.3. The van der Waals surface area contributed by atoms with Crippen molar-refractivity contribution in [1.82, 2.24) is 19.4 Å². The first-order valence-electron chi connectivity index (χ1n) is 12.2. The van der Waals surface area contributed by atoms with Crippen molar-refractivity contribution in [1.29, 1.82) is 0 Å². The Hall–Kier alpha value is -2.26. The highest BCUT2D eigenvalue weighted by molar-refractivity contribution is 7.89. The van der Waals surface area contributed by atoms with Crippen molar-refractivity contribution < 1.29 is 13.2 Å². The molecule has 0 aromatic heterocycles. The number of benzene rings is 2. The van der Waals surface area contributed by atoms with Gasteiger partial charge in [-0.15, -0.1) is 0 Å². The summed E-state index contributed by atoms with van der Waals surface area (Å²) in [4.78, 5) is 18.3. The average Bonchev–Trinajstić information content (AvgIpc) is 2.86. The molecule has 1 N–H and O–H groups in total. The maximum absolute atomic E-state index is 13.2. The zero-order valence-electron chi connectivity index (χ0n) is 20.2. The van der Waals surface area contributed by atoms with Gasteiger partial charge in [-0.05, 0) is 44.5 Å². The van der Waals surface area contributed by atoms with Crippen LogP contribution < -0.4 is 5.32 Å². The Morgan fingerprint density at radius 1 is 0.941 bits per heavy atom. The van der Waals surface area contributed by atoms with Gasteiger partial charge < -0.3 is 10.2 Å². The van der Waals surface area contributed by atoms with Crippen LogP contribution in [0.3, 0.4) is 0 Å². The Morgan fingerprint density at radius 3 is 2.18 bits per heavy atom. The fraction of sp³-hybridized carbons (Fsp3) is 0.500. The summed E-state index contributed by atoms with van der Waals surface area (Å²) < 4.78 is 27.5. The Balaban J connectivity index is 1.37. The van der Waals surface area contributed by atoms with Crippen molar-refractivity contribution in [2.75, 3.05) is 52.9 Å². The summed E-state index contributed by atoms with van der Waals surface area (Å²) in [7, 11) is -1.39. The number of hydrogen-bond acceptors (Lipinski definition) is 5. The van der Waals surface area contributed by atoms with Crippen LogP contribution in [0.15, 0.2) is 59.5 Å². The van der Waals surface area contributed by atoms with Crippen LogP contribution in [0.4, 0.5) is 0 Å². The lowest BCUT2D eigenvalue weighted by Crippen LogP contribution is -2.49. The van der Waals surface area contributed by atoms with Crippen molar-refractivity contribution in [2.24, 2.45) is 5.92 Å². The van der Waals surface area contributed by atoms with Crippen molar-refractivity contribution in [2.45, 2.75) is 30.7 Å².